The minimum atomic E-state index is -1.66. The fourth-order valence-electron chi connectivity index (χ4n) is 5.24. The van der Waals surface area contributed by atoms with E-state index in [1.165, 1.54) is 0 Å². The number of halogens is 3. The Morgan fingerprint density at radius 3 is 2.62 bits per heavy atom. The van der Waals surface area contributed by atoms with Crippen LogP contribution in [-0.4, -0.2) is 47.3 Å². The number of alkyl halides is 1. The third kappa shape index (κ3) is 5.20. The second-order valence-corrected chi connectivity index (χ2v) is 9.97. The van der Waals surface area contributed by atoms with Crippen molar-refractivity contribution in [3.63, 3.8) is 0 Å². The number of pyridine rings is 1. The molecule has 37 heavy (non-hydrogen) atoms. The van der Waals surface area contributed by atoms with Gasteiger partial charge in [0.05, 0.1) is 11.9 Å². The van der Waals surface area contributed by atoms with E-state index in [0.29, 0.717) is 11.4 Å². The van der Waals surface area contributed by atoms with Crippen molar-refractivity contribution in [2.75, 3.05) is 36.4 Å². The van der Waals surface area contributed by atoms with Crippen LogP contribution in [0.5, 0.6) is 5.88 Å². The molecule has 1 fully saturated rings. The molecule has 0 amide bonds. The number of nitrogens with zero attached hydrogens (tertiary/aromatic N) is 4. The number of nitrogens with one attached hydrogen (secondary N) is 2. The molecule has 4 atom stereocenters. The Morgan fingerprint density at radius 2 is 1.89 bits per heavy atom. The number of allylic oxidation sites excluding steroid dienone is 6. The van der Waals surface area contributed by atoms with E-state index in [1.807, 2.05) is 26.8 Å². The van der Waals surface area contributed by atoms with Crippen LogP contribution in [0.2, 0.25) is 0 Å². The SMILES string of the molecule is CC1=CC2C(=C(F)C=C(Oc3ncnc(Nc4ccc(N5CCNCC5)cn4)c3F)C2F)C(C)C(C)C1. The van der Waals surface area contributed by atoms with E-state index in [0.717, 1.165) is 56.3 Å². The highest BCUT2D eigenvalue weighted by Crippen LogP contribution is 2.44. The summed E-state index contributed by atoms with van der Waals surface area (Å²) >= 11 is 0. The average Bonchev–Trinajstić information content (AvgIpc) is 3.01. The van der Waals surface area contributed by atoms with Crippen LogP contribution in [0.1, 0.15) is 27.2 Å². The predicted octanol–water partition coefficient (Wildman–Crippen LogP) is 5.24. The zero-order valence-corrected chi connectivity index (χ0v) is 21.1. The largest absolute Gasteiger partial charge is 0.438 e. The topological polar surface area (TPSA) is 75.2 Å². The minimum Gasteiger partial charge on any atom is -0.438 e. The zero-order chi connectivity index (χ0) is 26.1. The fraction of sp³-hybridized carbons (Fsp3) is 0.444. The van der Waals surface area contributed by atoms with E-state index < -0.39 is 29.6 Å². The molecular formula is C27H31F3N6O. The third-order valence-electron chi connectivity index (χ3n) is 7.39. The lowest BCUT2D eigenvalue weighted by Gasteiger charge is -2.30. The van der Waals surface area contributed by atoms with Crippen molar-refractivity contribution < 1.29 is 17.9 Å². The second kappa shape index (κ2) is 10.5. The molecule has 0 saturated carbocycles. The maximum Gasteiger partial charge on any atom is 0.261 e. The molecule has 2 aliphatic carbocycles. The smallest absolute Gasteiger partial charge is 0.261 e. The first-order valence-electron chi connectivity index (χ1n) is 12.6. The number of hydrogen-bond acceptors (Lipinski definition) is 7. The van der Waals surface area contributed by atoms with Gasteiger partial charge in [-0.1, -0.05) is 25.5 Å². The van der Waals surface area contributed by atoms with Gasteiger partial charge >= 0.3 is 0 Å². The van der Waals surface area contributed by atoms with E-state index in [2.05, 4.69) is 30.5 Å². The first-order valence-corrected chi connectivity index (χ1v) is 12.6. The molecule has 1 aliphatic heterocycles. The average molecular weight is 513 g/mol. The van der Waals surface area contributed by atoms with Gasteiger partial charge in [-0.25, -0.2) is 18.7 Å². The molecule has 2 aromatic heterocycles. The minimum absolute atomic E-state index is 0.133. The molecule has 0 bridgehead atoms. The Labute approximate surface area is 214 Å². The Kier molecular flexibility index (Phi) is 7.19. The zero-order valence-electron chi connectivity index (χ0n) is 21.1. The highest BCUT2D eigenvalue weighted by atomic mass is 19.1. The molecule has 0 spiro atoms. The maximum atomic E-state index is 15.6. The Balaban J connectivity index is 1.35. The van der Waals surface area contributed by atoms with Crippen LogP contribution in [0.15, 0.2) is 59.5 Å². The van der Waals surface area contributed by atoms with Crippen LogP contribution in [0.4, 0.5) is 30.5 Å². The normalized spacial score (nSPS) is 26.2. The summed E-state index contributed by atoms with van der Waals surface area (Å²) in [6, 6.07) is 3.62. The van der Waals surface area contributed by atoms with Gasteiger partial charge in [0.2, 0.25) is 5.82 Å². The molecule has 4 unspecified atom stereocenters. The molecule has 196 valence electrons. The monoisotopic (exact) mass is 512 g/mol. The summed E-state index contributed by atoms with van der Waals surface area (Å²) in [6.45, 7) is 9.44. The van der Waals surface area contributed by atoms with Crippen LogP contribution in [-0.2, 0) is 0 Å². The van der Waals surface area contributed by atoms with Crippen LogP contribution < -0.4 is 20.3 Å². The van der Waals surface area contributed by atoms with Crippen molar-refractivity contribution >= 4 is 17.3 Å². The number of anilines is 3. The van der Waals surface area contributed by atoms with E-state index in [9.17, 15) is 0 Å². The molecular weight excluding hydrogens is 481 g/mol. The van der Waals surface area contributed by atoms with Gasteiger partial charge in [-0.15, -0.1) is 0 Å². The first kappa shape index (κ1) is 25.3. The summed E-state index contributed by atoms with van der Waals surface area (Å²) in [5.74, 6) is -2.83. The Morgan fingerprint density at radius 1 is 1.11 bits per heavy atom. The van der Waals surface area contributed by atoms with Crippen LogP contribution >= 0.6 is 0 Å². The van der Waals surface area contributed by atoms with Crippen LogP contribution in [0.3, 0.4) is 0 Å². The summed E-state index contributed by atoms with van der Waals surface area (Å²) in [6.07, 6.45) is 4.68. The molecule has 2 aromatic rings. The molecule has 2 N–H and O–H groups in total. The molecule has 3 aliphatic rings. The Hall–Kier alpha value is -3.40. The van der Waals surface area contributed by atoms with E-state index >= 15 is 13.2 Å². The highest BCUT2D eigenvalue weighted by Gasteiger charge is 2.40. The van der Waals surface area contributed by atoms with Gasteiger partial charge in [0.15, 0.2) is 12.0 Å². The van der Waals surface area contributed by atoms with Gasteiger partial charge in [0.1, 0.15) is 23.7 Å². The van der Waals surface area contributed by atoms with Gasteiger partial charge < -0.3 is 20.3 Å². The summed E-state index contributed by atoms with van der Waals surface area (Å²) in [5.41, 5.74) is 2.38. The Bertz CT molecular complexity index is 1240. The van der Waals surface area contributed by atoms with Gasteiger partial charge in [-0.2, -0.15) is 9.37 Å². The van der Waals surface area contributed by atoms with Gasteiger partial charge in [-0.05, 0) is 42.9 Å². The van der Waals surface area contributed by atoms with Crippen molar-refractivity contribution in [3.05, 3.63) is 65.4 Å². The van der Waals surface area contributed by atoms with Crippen molar-refractivity contribution in [1.29, 1.82) is 0 Å². The molecule has 7 nitrogen and oxygen atoms in total. The quantitative estimate of drug-likeness (QED) is 0.531. The molecule has 5 rings (SSSR count). The number of rotatable bonds is 5. The van der Waals surface area contributed by atoms with Gasteiger partial charge in [0.25, 0.3) is 5.88 Å². The fourth-order valence-corrected chi connectivity index (χ4v) is 5.24. The van der Waals surface area contributed by atoms with Crippen molar-refractivity contribution in [3.8, 4) is 5.88 Å². The highest BCUT2D eigenvalue weighted by molar-refractivity contribution is 5.57. The lowest BCUT2D eigenvalue weighted by molar-refractivity contribution is 0.214. The van der Waals surface area contributed by atoms with Crippen molar-refractivity contribution in [2.45, 2.75) is 33.4 Å². The lowest BCUT2D eigenvalue weighted by atomic mass is 9.78. The first-order chi connectivity index (χ1) is 17.8. The van der Waals surface area contributed by atoms with E-state index in [-0.39, 0.29) is 23.4 Å². The summed E-state index contributed by atoms with van der Waals surface area (Å²) in [4.78, 5) is 14.3. The molecule has 1 saturated heterocycles. The van der Waals surface area contributed by atoms with E-state index in [4.69, 9.17) is 4.74 Å². The number of aromatic nitrogens is 3. The van der Waals surface area contributed by atoms with Crippen molar-refractivity contribution in [2.24, 2.45) is 17.8 Å². The summed E-state index contributed by atoms with van der Waals surface area (Å²) < 4.78 is 51.6. The molecule has 0 aromatic carbocycles. The number of piperazine rings is 1. The standard InChI is InChI=1S/C27H31F3N6O/c1-15-10-16(2)17(3)23-19(11-15)24(29)21(12-20(23)28)37-27-25(30)26(33-14-34-27)35-22-5-4-18(13-32-22)36-8-6-31-7-9-36/h4-5,11-14,16-17,19,24,31H,6-10H2,1-3H3,(H,32,33,34,35). The third-order valence-corrected chi connectivity index (χ3v) is 7.39. The van der Waals surface area contributed by atoms with Crippen LogP contribution in [0, 0.1) is 23.6 Å². The predicted molar refractivity (Wildman–Crippen MR) is 137 cm³/mol. The maximum absolute atomic E-state index is 15.6. The summed E-state index contributed by atoms with van der Waals surface area (Å²) in [7, 11) is 0. The molecule has 3 heterocycles. The molecule has 0 radical (unpaired) electrons. The summed E-state index contributed by atoms with van der Waals surface area (Å²) in [5, 5.41) is 6.12. The lowest BCUT2D eigenvalue weighted by Crippen LogP contribution is -2.43. The van der Waals surface area contributed by atoms with E-state index in [1.54, 1.807) is 18.3 Å². The van der Waals surface area contributed by atoms with Crippen molar-refractivity contribution in [1.82, 2.24) is 20.3 Å². The second-order valence-electron chi connectivity index (χ2n) is 9.97. The number of fused-ring (bicyclic) bond motifs is 1. The molecule has 10 heteroatoms. The number of hydrogen-bond donors (Lipinski definition) is 2. The number of ether oxygens (including phenoxy) is 1. The van der Waals surface area contributed by atoms with Gasteiger partial charge in [0, 0.05) is 38.2 Å². The van der Waals surface area contributed by atoms with Crippen LogP contribution in [0.25, 0.3) is 0 Å². The van der Waals surface area contributed by atoms with Gasteiger partial charge in [-0.3, -0.25) is 0 Å².